The van der Waals surface area contributed by atoms with E-state index in [1.54, 1.807) is 0 Å². The smallest absolute Gasteiger partial charge is 0.0444 e. The molecule has 2 N–H and O–H groups in total. The number of benzene rings is 1. The van der Waals surface area contributed by atoms with Crippen LogP contribution in [0.3, 0.4) is 0 Å². The molecule has 1 aromatic heterocycles. The summed E-state index contributed by atoms with van der Waals surface area (Å²) in [5.74, 6) is 0. The average molecular weight is 258 g/mol. The molecule has 2 nitrogen and oxygen atoms in total. The number of hydrogen-bond acceptors (Lipinski definition) is 3. The minimum atomic E-state index is 0.796. The molecular weight excluding hydrogens is 240 g/mol. The molecule has 0 saturated heterocycles. The molecule has 0 amide bonds. The van der Waals surface area contributed by atoms with Crippen LogP contribution in [0.15, 0.2) is 30.5 Å². The zero-order valence-corrected chi connectivity index (χ0v) is 11.2. The minimum absolute atomic E-state index is 0.796. The molecule has 0 bridgehead atoms. The summed E-state index contributed by atoms with van der Waals surface area (Å²) in [7, 11) is 0. The fraction of sp³-hybridized carbons (Fsp3) is 0.333. The van der Waals surface area contributed by atoms with Gasteiger partial charge in [0.25, 0.3) is 0 Å². The van der Waals surface area contributed by atoms with Crippen LogP contribution in [0.1, 0.15) is 23.3 Å². The highest BCUT2D eigenvalue weighted by molar-refractivity contribution is 7.20. The Bertz CT molecular complexity index is 571. The maximum Gasteiger partial charge on any atom is 0.0444 e. The van der Waals surface area contributed by atoms with Gasteiger partial charge in [0.05, 0.1) is 0 Å². The van der Waals surface area contributed by atoms with Gasteiger partial charge in [0.1, 0.15) is 0 Å². The zero-order chi connectivity index (χ0) is 12.4. The Hall–Kier alpha value is -1.32. The highest BCUT2D eigenvalue weighted by Crippen LogP contribution is 2.35. The van der Waals surface area contributed by atoms with E-state index in [0.717, 1.165) is 26.1 Å². The number of hydrogen-bond donors (Lipinski definition) is 1. The molecular formula is C15H18N2S. The van der Waals surface area contributed by atoms with Gasteiger partial charge in [-0.15, -0.1) is 11.3 Å². The van der Waals surface area contributed by atoms with Gasteiger partial charge < -0.3 is 10.6 Å². The maximum absolute atomic E-state index is 5.54. The number of rotatable bonds is 4. The number of fused-ring (bicyclic) bond motifs is 3. The van der Waals surface area contributed by atoms with Crippen LogP contribution in [0.4, 0.5) is 0 Å². The Morgan fingerprint density at radius 2 is 2.11 bits per heavy atom. The second-order valence-electron chi connectivity index (χ2n) is 4.72. The van der Waals surface area contributed by atoms with Crippen LogP contribution in [0.5, 0.6) is 0 Å². The van der Waals surface area contributed by atoms with Gasteiger partial charge >= 0.3 is 0 Å². The van der Waals surface area contributed by atoms with Crippen molar-refractivity contribution in [1.82, 2.24) is 4.90 Å². The van der Waals surface area contributed by atoms with Crippen molar-refractivity contribution >= 4 is 27.5 Å². The molecule has 0 atom stereocenters. The Morgan fingerprint density at radius 1 is 1.22 bits per heavy atom. The van der Waals surface area contributed by atoms with Crippen LogP contribution in [0, 0.1) is 0 Å². The molecule has 2 heterocycles. The van der Waals surface area contributed by atoms with Crippen molar-refractivity contribution in [3.63, 3.8) is 0 Å². The third-order valence-electron chi connectivity index (χ3n) is 3.43. The summed E-state index contributed by atoms with van der Waals surface area (Å²) >= 11 is 1.90. The average Bonchev–Trinajstić information content (AvgIpc) is 2.77. The first-order valence-corrected chi connectivity index (χ1v) is 7.33. The van der Waals surface area contributed by atoms with Crippen LogP contribution < -0.4 is 5.73 Å². The minimum Gasteiger partial charge on any atom is -0.373 e. The summed E-state index contributed by atoms with van der Waals surface area (Å²) in [6, 6.07) is 8.70. The lowest BCUT2D eigenvalue weighted by Gasteiger charge is -2.23. The lowest BCUT2D eigenvalue weighted by Crippen LogP contribution is -2.21. The Morgan fingerprint density at radius 3 is 3.00 bits per heavy atom. The van der Waals surface area contributed by atoms with Gasteiger partial charge in [0.15, 0.2) is 0 Å². The Kier molecular flexibility index (Phi) is 3.35. The van der Waals surface area contributed by atoms with Crippen molar-refractivity contribution in [3.8, 4) is 0 Å². The molecule has 2 aromatic rings. The van der Waals surface area contributed by atoms with E-state index in [4.69, 9.17) is 5.73 Å². The molecule has 0 spiro atoms. The van der Waals surface area contributed by atoms with Crippen molar-refractivity contribution < 1.29 is 0 Å². The highest BCUT2D eigenvalue weighted by atomic mass is 32.1. The monoisotopic (exact) mass is 258 g/mol. The van der Waals surface area contributed by atoms with Crippen LogP contribution in [0.2, 0.25) is 0 Å². The van der Waals surface area contributed by atoms with Gasteiger partial charge in [-0.2, -0.15) is 0 Å². The van der Waals surface area contributed by atoms with E-state index in [9.17, 15) is 0 Å². The Balaban J connectivity index is 1.82. The van der Waals surface area contributed by atoms with Crippen molar-refractivity contribution in [2.75, 3.05) is 13.1 Å². The first kappa shape index (κ1) is 11.8. The standard InChI is InChI=1S/C15H18N2S/c16-8-3-4-9-17-10-7-15-13(11-17)12-5-1-2-6-14(12)18-15/h1-2,5-7,10H,3-4,8-9,11,16H2. The summed E-state index contributed by atoms with van der Waals surface area (Å²) in [5.41, 5.74) is 7.04. The summed E-state index contributed by atoms with van der Waals surface area (Å²) in [6.07, 6.45) is 6.78. The molecule has 3 heteroatoms. The van der Waals surface area contributed by atoms with Crippen molar-refractivity contribution in [1.29, 1.82) is 0 Å². The molecule has 0 fully saturated rings. The highest BCUT2D eigenvalue weighted by Gasteiger charge is 2.15. The number of nitrogens with zero attached hydrogens (tertiary/aromatic N) is 1. The van der Waals surface area contributed by atoms with Crippen LogP contribution in [-0.2, 0) is 6.54 Å². The molecule has 1 aromatic carbocycles. The summed E-state index contributed by atoms with van der Waals surface area (Å²) in [4.78, 5) is 3.82. The van der Waals surface area contributed by atoms with E-state index in [2.05, 4.69) is 41.4 Å². The summed E-state index contributed by atoms with van der Waals surface area (Å²) in [5, 5.41) is 1.42. The third-order valence-corrected chi connectivity index (χ3v) is 4.61. The van der Waals surface area contributed by atoms with Crippen molar-refractivity contribution in [2.45, 2.75) is 19.4 Å². The molecule has 94 valence electrons. The topological polar surface area (TPSA) is 29.3 Å². The first-order chi connectivity index (χ1) is 8.88. The predicted octanol–water partition coefficient (Wildman–Crippen LogP) is 3.43. The first-order valence-electron chi connectivity index (χ1n) is 6.51. The molecule has 18 heavy (non-hydrogen) atoms. The fourth-order valence-corrected chi connectivity index (χ4v) is 3.57. The second kappa shape index (κ2) is 5.12. The van der Waals surface area contributed by atoms with Gasteiger partial charge in [-0.25, -0.2) is 0 Å². The van der Waals surface area contributed by atoms with Crippen LogP contribution >= 0.6 is 11.3 Å². The van der Waals surface area contributed by atoms with Gasteiger partial charge in [-0.1, -0.05) is 18.2 Å². The fourth-order valence-electron chi connectivity index (χ4n) is 2.46. The quantitative estimate of drug-likeness (QED) is 0.851. The van der Waals surface area contributed by atoms with Crippen LogP contribution in [0.25, 0.3) is 16.2 Å². The van der Waals surface area contributed by atoms with E-state index in [-0.39, 0.29) is 0 Å². The number of thiophene rings is 1. The number of unbranched alkanes of at least 4 members (excludes halogenated alkanes) is 1. The van der Waals surface area contributed by atoms with Gasteiger partial charge in [0.2, 0.25) is 0 Å². The largest absolute Gasteiger partial charge is 0.373 e. The molecule has 1 aliphatic rings. The summed E-state index contributed by atoms with van der Waals surface area (Å²) in [6.45, 7) is 2.95. The van der Waals surface area contributed by atoms with Crippen molar-refractivity contribution in [2.24, 2.45) is 5.73 Å². The van der Waals surface area contributed by atoms with E-state index in [1.807, 2.05) is 11.3 Å². The van der Waals surface area contributed by atoms with E-state index < -0.39 is 0 Å². The van der Waals surface area contributed by atoms with Gasteiger partial charge in [-0.3, -0.25) is 0 Å². The SMILES string of the molecule is NCCCCN1C=Cc2sc3ccccc3c2C1. The van der Waals surface area contributed by atoms with E-state index in [1.165, 1.54) is 26.9 Å². The number of nitrogens with two attached hydrogens (primary N) is 1. The van der Waals surface area contributed by atoms with Gasteiger partial charge in [-0.05, 0) is 42.5 Å². The lowest BCUT2D eigenvalue weighted by atomic mass is 10.1. The molecule has 0 unspecified atom stereocenters. The maximum atomic E-state index is 5.54. The normalized spacial score (nSPS) is 14.2. The molecule has 0 saturated carbocycles. The van der Waals surface area contributed by atoms with Crippen LogP contribution in [-0.4, -0.2) is 18.0 Å². The van der Waals surface area contributed by atoms with E-state index >= 15 is 0 Å². The molecule has 1 aliphatic heterocycles. The van der Waals surface area contributed by atoms with E-state index in [0.29, 0.717) is 0 Å². The third kappa shape index (κ3) is 2.16. The molecule has 0 aliphatic carbocycles. The van der Waals surface area contributed by atoms with Gasteiger partial charge in [0, 0.05) is 28.9 Å². The Labute approximate surface area is 112 Å². The predicted molar refractivity (Wildman–Crippen MR) is 79.6 cm³/mol. The second-order valence-corrected chi connectivity index (χ2v) is 5.81. The lowest BCUT2D eigenvalue weighted by molar-refractivity contribution is 0.359. The molecule has 3 rings (SSSR count). The zero-order valence-electron chi connectivity index (χ0n) is 10.4. The molecule has 0 radical (unpaired) electrons. The summed E-state index contributed by atoms with van der Waals surface area (Å²) < 4.78 is 1.40. The van der Waals surface area contributed by atoms with Crippen molar-refractivity contribution in [3.05, 3.63) is 40.9 Å².